The first-order chi connectivity index (χ1) is 10.6. The van der Waals surface area contributed by atoms with Crippen molar-refractivity contribution in [2.75, 3.05) is 0 Å². The average Bonchev–Trinajstić information content (AvgIpc) is 3.00. The standard InChI is InChI=1S/C17H14N2O3/c1-10-4-3-5-14(11(10)2)16-19-18-15(22-16)12-6-8-13(9-7-12)17(20)21/h3-9H,1-2H3,(H,20,21). The number of aromatic carboxylic acids is 1. The third-order valence-corrected chi connectivity index (χ3v) is 3.64. The van der Waals surface area contributed by atoms with E-state index < -0.39 is 5.97 Å². The molecular formula is C17H14N2O3. The van der Waals surface area contributed by atoms with Crippen molar-refractivity contribution in [2.45, 2.75) is 13.8 Å². The fourth-order valence-electron chi connectivity index (χ4n) is 2.19. The minimum Gasteiger partial charge on any atom is -0.478 e. The molecule has 2 aromatic carbocycles. The van der Waals surface area contributed by atoms with Crippen LogP contribution in [0.15, 0.2) is 46.9 Å². The highest BCUT2D eigenvalue weighted by Gasteiger charge is 2.13. The summed E-state index contributed by atoms with van der Waals surface area (Å²) in [5.41, 5.74) is 4.06. The van der Waals surface area contributed by atoms with Crippen molar-refractivity contribution >= 4 is 5.97 Å². The molecule has 0 radical (unpaired) electrons. The van der Waals surface area contributed by atoms with Crippen LogP contribution < -0.4 is 0 Å². The first kappa shape index (κ1) is 14.0. The summed E-state index contributed by atoms with van der Waals surface area (Å²) >= 11 is 0. The van der Waals surface area contributed by atoms with Crippen LogP contribution in [0.2, 0.25) is 0 Å². The van der Waals surface area contributed by atoms with E-state index in [0.29, 0.717) is 17.3 Å². The number of carboxylic acids is 1. The number of rotatable bonds is 3. The van der Waals surface area contributed by atoms with Gasteiger partial charge in [-0.15, -0.1) is 10.2 Å². The van der Waals surface area contributed by atoms with Gasteiger partial charge < -0.3 is 9.52 Å². The molecule has 5 nitrogen and oxygen atoms in total. The zero-order valence-corrected chi connectivity index (χ0v) is 12.2. The lowest BCUT2D eigenvalue weighted by atomic mass is 10.0. The lowest BCUT2D eigenvalue weighted by Crippen LogP contribution is -1.94. The molecule has 0 saturated carbocycles. The Kier molecular flexibility index (Phi) is 3.47. The summed E-state index contributed by atoms with van der Waals surface area (Å²) in [5.74, 6) is -0.139. The van der Waals surface area contributed by atoms with E-state index in [4.69, 9.17) is 9.52 Å². The number of benzene rings is 2. The molecule has 0 atom stereocenters. The zero-order valence-electron chi connectivity index (χ0n) is 12.2. The molecule has 0 unspecified atom stereocenters. The molecule has 5 heteroatoms. The average molecular weight is 294 g/mol. The van der Waals surface area contributed by atoms with Crippen LogP contribution in [-0.2, 0) is 0 Å². The van der Waals surface area contributed by atoms with Gasteiger partial charge in [-0.3, -0.25) is 0 Å². The van der Waals surface area contributed by atoms with Crippen LogP contribution >= 0.6 is 0 Å². The third kappa shape index (κ3) is 2.48. The van der Waals surface area contributed by atoms with Gasteiger partial charge in [-0.25, -0.2) is 4.79 Å². The summed E-state index contributed by atoms with van der Waals surface area (Å²) in [6, 6.07) is 12.3. The summed E-state index contributed by atoms with van der Waals surface area (Å²) in [6.07, 6.45) is 0. The Hall–Kier alpha value is -2.95. The Morgan fingerprint density at radius 2 is 1.68 bits per heavy atom. The van der Waals surface area contributed by atoms with Crippen molar-refractivity contribution in [1.82, 2.24) is 10.2 Å². The van der Waals surface area contributed by atoms with E-state index in [9.17, 15) is 4.79 Å². The fourth-order valence-corrected chi connectivity index (χ4v) is 2.19. The first-order valence-electron chi connectivity index (χ1n) is 6.80. The number of hydrogen-bond donors (Lipinski definition) is 1. The van der Waals surface area contributed by atoms with Crippen molar-refractivity contribution in [1.29, 1.82) is 0 Å². The zero-order chi connectivity index (χ0) is 15.7. The quantitative estimate of drug-likeness (QED) is 0.796. The number of nitrogens with zero attached hydrogens (tertiary/aromatic N) is 2. The summed E-state index contributed by atoms with van der Waals surface area (Å²) in [4.78, 5) is 10.9. The molecule has 0 bridgehead atoms. The van der Waals surface area contributed by atoms with Crippen molar-refractivity contribution < 1.29 is 14.3 Å². The number of aryl methyl sites for hydroxylation is 1. The second-order valence-corrected chi connectivity index (χ2v) is 5.04. The van der Waals surface area contributed by atoms with Crippen molar-refractivity contribution in [3.8, 4) is 22.9 Å². The largest absolute Gasteiger partial charge is 0.478 e. The molecular weight excluding hydrogens is 280 g/mol. The van der Waals surface area contributed by atoms with Crippen LogP contribution in [-0.4, -0.2) is 21.3 Å². The lowest BCUT2D eigenvalue weighted by molar-refractivity contribution is 0.0697. The molecule has 0 amide bonds. The van der Waals surface area contributed by atoms with Gasteiger partial charge in [0.15, 0.2) is 0 Å². The van der Waals surface area contributed by atoms with Crippen LogP contribution in [0.3, 0.4) is 0 Å². The van der Waals surface area contributed by atoms with Gasteiger partial charge in [-0.2, -0.15) is 0 Å². The molecule has 3 rings (SSSR count). The van der Waals surface area contributed by atoms with Crippen LogP contribution in [0.1, 0.15) is 21.5 Å². The van der Waals surface area contributed by atoms with Gasteiger partial charge in [-0.1, -0.05) is 12.1 Å². The van der Waals surface area contributed by atoms with Gasteiger partial charge in [0.2, 0.25) is 11.8 Å². The highest BCUT2D eigenvalue weighted by Crippen LogP contribution is 2.27. The predicted molar refractivity (Wildman–Crippen MR) is 81.6 cm³/mol. The molecule has 3 aromatic rings. The minimum atomic E-state index is -0.965. The second-order valence-electron chi connectivity index (χ2n) is 5.04. The van der Waals surface area contributed by atoms with Crippen LogP contribution in [0, 0.1) is 13.8 Å². The van der Waals surface area contributed by atoms with Crippen LogP contribution in [0.4, 0.5) is 0 Å². The third-order valence-electron chi connectivity index (χ3n) is 3.64. The maximum atomic E-state index is 10.9. The molecule has 1 N–H and O–H groups in total. The number of aromatic nitrogens is 2. The van der Waals surface area contributed by atoms with E-state index in [1.54, 1.807) is 12.1 Å². The van der Waals surface area contributed by atoms with E-state index in [1.807, 2.05) is 32.0 Å². The van der Waals surface area contributed by atoms with E-state index >= 15 is 0 Å². The molecule has 0 saturated heterocycles. The molecule has 0 spiro atoms. The van der Waals surface area contributed by atoms with E-state index in [1.165, 1.54) is 12.1 Å². The van der Waals surface area contributed by atoms with E-state index in [-0.39, 0.29) is 5.56 Å². The minimum absolute atomic E-state index is 0.220. The molecule has 110 valence electrons. The molecule has 1 heterocycles. The molecule has 0 fully saturated rings. The normalized spacial score (nSPS) is 10.6. The number of carbonyl (C=O) groups is 1. The predicted octanol–water partition coefficient (Wildman–Crippen LogP) is 3.72. The Bertz CT molecular complexity index is 835. The second kappa shape index (κ2) is 5.44. The molecule has 22 heavy (non-hydrogen) atoms. The van der Waals surface area contributed by atoms with E-state index in [2.05, 4.69) is 10.2 Å². The summed E-state index contributed by atoms with van der Waals surface area (Å²) in [7, 11) is 0. The number of hydrogen-bond acceptors (Lipinski definition) is 4. The van der Waals surface area contributed by atoms with Crippen molar-refractivity contribution in [3.63, 3.8) is 0 Å². The topological polar surface area (TPSA) is 76.2 Å². The lowest BCUT2D eigenvalue weighted by Gasteiger charge is -2.03. The summed E-state index contributed by atoms with van der Waals surface area (Å²) < 4.78 is 5.72. The van der Waals surface area contributed by atoms with Crippen molar-refractivity contribution in [2.24, 2.45) is 0 Å². The molecule has 0 aliphatic heterocycles. The molecule has 0 aliphatic carbocycles. The fraction of sp³-hybridized carbons (Fsp3) is 0.118. The van der Waals surface area contributed by atoms with Gasteiger partial charge >= 0.3 is 5.97 Å². The number of carboxylic acid groups (broad SMARTS) is 1. The highest BCUT2D eigenvalue weighted by molar-refractivity contribution is 5.88. The molecule has 0 aliphatic rings. The summed E-state index contributed by atoms with van der Waals surface area (Å²) in [5, 5.41) is 17.0. The van der Waals surface area contributed by atoms with Gasteiger partial charge in [0.05, 0.1) is 5.56 Å². The first-order valence-corrected chi connectivity index (χ1v) is 6.80. The maximum absolute atomic E-state index is 10.9. The molecule has 1 aromatic heterocycles. The summed E-state index contributed by atoms with van der Waals surface area (Å²) in [6.45, 7) is 4.04. The maximum Gasteiger partial charge on any atom is 0.335 e. The van der Waals surface area contributed by atoms with Crippen molar-refractivity contribution in [3.05, 3.63) is 59.2 Å². The SMILES string of the molecule is Cc1cccc(-c2nnc(-c3ccc(C(=O)O)cc3)o2)c1C. The van der Waals surface area contributed by atoms with Crippen LogP contribution in [0.5, 0.6) is 0 Å². The van der Waals surface area contributed by atoms with E-state index in [0.717, 1.165) is 16.7 Å². The Morgan fingerprint density at radius 1 is 1.00 bits per heavy atom. The Balaban J connectivity index is 1.97. The van der Waals surface area contributed by atoms with Crippen LogP contribution in [0.25, 0.3) is 22.9 Å². The van der Waals surface area contributed by atoms with Gasteiger partial charge in [0.1, 0.15) is 0 Å². The van der Waals surface area contributed by atoms with Gasteiger partial charge in [0.25, 0.3) is 0 Å². The Labute approximate surface area is 127 Å². The Morgan fingerprint density at radius 3 is 2.36 bits per heavy atom. The van der Waals surface area contributed by atoms with Gasteiger partial charge in [0, 0.05) is 11.1 Å². The smallest absolute Gasteiger partial charge is 0.335 e. The highest BCUT2D eigenvalue weighted by atomic mass is 16.4. The van der Waals surface area contributed by atoms with Gasteiger partial charge in [-0.05, 0) is 55.3 Å². The monoisotopic (exact) mass is 294 g/mol.